The standard InChI is InChI=1S/C29H49N/c1-19(2)25-13-14-26(20(3)4)28(17-25)23(9)11-12-24(10)30-16-15-27(21(5)6)29(18-30)22(7)8/h13-14,17,19-24H,11-12,15-16,18H2,1-10H3. The van der Waals surface area contributed by atoms with Crippen LogP contribution >= 0.6 is 0 Å². The van der Waals surface area contributed by atoms with Crippen molar-refractivity contribution in [3.8, 4) is 0 Å². The van der Waals surface area contributed by atoms with E-state index in [1.807, 2.05) is 0 Å². The van der Waals surface area contributed by atoms with Gasteiger partial charge >= 0.3 is 0 Å². The molecule has 2 rings (SSSR count). The van der Waals surface area contributed by atoms with Gasteiger partial charge in [0.25, 0.3) is 0 Å². The van der Waals surface area contributed by atoms with Gasteiger partial charge in [0.1, 0.15) is 0 Å². The van der Waals surface area contributed by atoms with E-state index in [1.165, 1.54) is 37.9 Å². The highest BCUT2D eigenvalue weighted by molar-refractivity contribution is 5.37. The second-order valence-electron chi connectivity index (χ2n) is 11.1. The molecule has 1 nitrogen and oxygen atoms in total. The lowest BCUT2D eigenvalue weighted by Crippen LogP contribution is -2.40. The lowest BCUT2D eigenvalue weighted by Gasteiger charge is -2.38. The molecule has 1 aliphatic heterocycles. The first kappa shape index (κ1) is 25.2. The zero-order valence-electron chi connectivity index (χ0n) is 21.7. The van der Waals surface area contributed by atoms with Crippen molar-refractivity contribution < 1.29 is 0 Å². The van der Waals surface area contributed by atoms with Crippen molar-refractivity contribution in [3.63, 3.8) is 0 Å². The fourth-order valence-corrected chi connectivity index (χ4v) is 5.15. The zero-order chi connectivity index (χ0) is 22.6. The minimum Gasteiger partial charge on any atom is -0.296 e. The molecule has 0 radical (unpaired) electrons. The van der Waals surface area contributed by atoms with Crippen LogP contribution in [0.15, 0.2) is 29.3 Å². The van der Waals surface area contributed by atoms with Crippen molar-refractivity contribution in [2.45, 2.75) is 112 Å². The predicted octanol–water partition coefficient (Wildman–Crippen LogP) is 8.52. The molecule has 1 aromatic rings. The molecule has 1 heteroatoms. The van der Waals surface area contributed by atoms with E-state index in [2.05, 4.69) is 92.3 Å². The fourth-order valence-electron chi connectivity index (χ4n) is 5.15. The van der Waals surface area contributed by atoms with Gasteiger partial charge in [-0.05, 0) is 72.5 Å². The first-order chi connectivity index (χ1) is 14.0. The molecule has 0 saturated heterocycles. The number of rotatable bonds is 9. The average molecular weight is 412 g/mol. The summed E-state index contributed by atoms with van der Waals surface area (Å²) in [4.78, 5) is 2.75. The summed E-state index contributed by atoms with van der Waals surface area (Å²) in [6.07, 6.45) is 3.82. The lowest BCUT2D eigenvalue weighted by atomic mass is 9.83. The molecule has 0 saturated carbocycles. The van der Waals surface area contributed by atoms with E-state index in [0.29, 0.717) is 35.6 Å². The summed E-state index contributed by atoms with van der Waals surface area (Å²) in [5.41, 5.74) is 8.06. The maximum Gasteiger partial charge on any atom is 0.0201 e. The van der Waals surface area contributed by atoms with Gasteiger partial charge < -0.3 is 0 Å². The Bertz CT molecular complexity index is 707. The maximum atomic E-state index is 2.75. The summed E-state index contributed by atoms with van der Waals surface area (Å²) in [7, 11) is 0. The molecule has 1 heterocycles. The lowest BCUT2D eigenvalue weighted by molar-refractivity contribution is 0.194. The van der Waals surface area contributed by atoms with Crippen LogP contribution in [0.1, 0.15) is 123 Å². The second kappa shape index (κ2) is 11.0. The molecule has 0 N–H and O–H groups in total. The molecule has 170 valence electrons. The Kier molecular flexibility index (Phi) is 9.22. The van der Waals surface area contributed by atoms with Crippen molar-refractivity contribution in [2.75, 3.05) is 13.1 Å². The molecule has 0 bridgehead atoms. The van der Waals surface area contributed by atoms with Crippen LogP contribution in [0.2, 0.25) is 0 Å². The minimum atomic E-state index is 0.594. The fraction of sp³-hybridized carbons (Fsp3) is 0.724. The van der Waals surface area contributed by atoms with Crippen LogP contribution in [0.25, 0.3) is 0 Å². The van der Waals surface area contributed by atoms with Crippen molar-refractivity contribution in [1.82, 2.24) is 4.90 Å². The van der Waals surface area contributed by atoms with Crippen molar-refractivity contribution >= 4 is 0 Å². The summed E-state index contributed by atoms with van der Waals surface area (Å²) in [6, 6.07) is 7.90. The summed E-state index contributed by atoms with van der Waals surface area (Å²) >= 11 is 0. The average Bonchev–Trinajstić information content (AvgIpc) is 2.70. The number of hydrogen-bond acceptors (Lipinski definition) is 1. The quantitative estimate of drug-likeness (QED) is 0.368. The first-order valence-corrected chi connectivity index (χ1v) is 12.6. The van der Waals surface area contributed by atoms with Gasteiger partial charge in [0.2, 0.25) is 0 Å². The van der Waals surface area contributed by atoms with Crippen LogP contribution in [0.3, 0.4) is 0 Å². The largest absolute Gasteiger partial charge is 0.296 e. The van der Waals surface area contributed by atoms with E-state index < -0.39 is 0 Å². The Morgan fingerprint density at radius 1 is 0.700 bits per heavy atom. The molecule has 1 aromatic carbocycles. The molecule has 30 heavy (non-hydrogen) atoms. The summed E-state index contributed by atoms with van der Waals surface area (Å²) in [5, 5.41) is 0. The Hall–Kier alpha value is -1.08. The van der Waals surface area contributed by atoms with E-state index in [-0.39, 0.29) is 0 Å². The third-order valence-electron chi connectivity index (χ3n) is 7.42. The Morgan fingerprint density at radius 2 is 1.33 bits per heavy atom. The molecule has 1 aliphatic rings. The molecular weight excluding hydrogens is 362 g/mol. The van der Waals surface area contributed by atoms with Crippen LogP contribution < -0.4 is 0 Å². The highest BCUT2D eigenvalue weighted by Crippen LogP contribution is 2.34. The van der Waals surface area contributed by atoms with Crippen LogP contribution in [-0.2, 0) is 0 Å². The summed E-state index contributed by atoms with van der Waals surface area (Å²) in [6.45, 7) is 26.1. The Balaban J connectivity index is 2.08. The highest BCUT2D eigenvalue weighted by atomic mass is 15.2. The van der Waals surface area contributed by atoms with Gasteiger partial charge in [-0.2, -0.15) is 0 Å². The molecule has 2 unspecified atom stereocenters. The maximum absolute atomic E-state index is 2.75. The second-order valence-corrected chi connectivity index (χ2v) is 11.1. The van der Waals surface area contributed by atoms with Crippen LogP contribution in [0, 0.1) is 11.8 Å². The van der Waals surface area contributed by atoms with Crippen LogP contribution in [0.4, 0.5) is 0 Å². The van der Waals surface area contributed by atoms with Gasteiger partial charge in [-0.25, -0.2) is 0 Å². The van der Waals surface area contributed by atoms with E-state index in [1.54, 1.807) is 22.3 Å². The van der Waals surface area contributed by atoms with E-state index in [9.17, 15) is 0 Å². The normalized spacial score (nSPS) is 18.2. The Labute approximate surface area is 188 Å². The van der Waals surface area contributed by atoms with Gasteiger partial charge in [0.15, 0.2) is 0 Å². The van der Waals surface area contributed by atoms with Gasteiger partial charge in [0, 0.05) is 19.1 Å². The monoisotopic (exact) mass is 411 g/mol. The molecular formula is C29H49N. The molecule has 2 atom stereocenters. The van der Waals surface area contributed by atoms with Gasteiger partial charge in [-0.15, -0.1) is 0 Å². The molecule has 0 aromatic heterocycles. The molecule has 0 aliphatic carbocycles. The first-order valence-electron chi connectivity index (χ1n) is 12.6. The molecule has 0 fully saturated rings. The zero-order valence-corrected chi connectivity index (χ0v) is 21.7. The van der Waals surface area contributed by atoms with Crippen LogP contribution in [0.5, 0.6) is 0 Å². The van der Waals surface area contributed by atoms with Crippen molar-refractivity contribution in [2.24, 2.45) is 11.8 Å². The van der Waals surface area contributed by atoms with E-state index >= 15 is 0 Å². The third kappa shape index (κ3) is 6.22. The third-order valence-corrected chi connectivity index (χ3v) is 7.42. The van der Waals surface area contributed by atoms with Crippen LogP contribution in [-0.4, -0.2) is 24.0 Å². The number of benzene rings is 1. The molecule has 0 spiro atoms. The Morgan fingerprint density at radius 3 is 1.87 bits per heavy atom. The number of hydrogen-bond donors (Lipinski definition) is 0. The number of nitrogens with zero attached hydrogens (tertiary/aromatic N) is 1. The van der Waals surface area contributed by atoms with E-state index in [4.69, 9.17) is 0 Å². The summed E-state index contributed by atoms with van der Waals surface area (Å²) < 4.78 is 0. The van der Waals surface area contributed by atoms with Crippen molar-refractivity contribution in [1.29, 1.82) is 0 Å². The SMILES string of the molecule is CC(C)C1=C(C(C)C)CN(C(C)CCC(C)c2cc(C(C)C)ccc2C(C)C)CC1. The minimum absolute atomic E-state index is 0.594. The highest BCUT2D eigenvalue weighted by Gasteiger charge is 2.26. The smallest absolute Gasteiger partial charge is 0.0201 e. The summed E-state index contributed by atoms with van der Waals surface area (Å²) in [5.74, 6) is 3.18. The molecule has 0 amide bonds. The van der Waals surface area contributed by atoms with Gasteiger partial charge in [-0.1, -0.05) is 91.7 Å². The predicted molar refractivity (Wildman–Crippen MR) is 135 cm³/mol. The van der Waals surface area contributed by atoms with E-state index in [0.717, 1.165) is 0 Å². The van der Waals surface area contributed by atoms with Gasteiger partial charge in [0.05, 0.1) is 0 Å². The van der Waals surface area contributed by atoms with Gasteiger partial charge in [-0.3, -0.25) is 4.90 Å². The van der Waals surface area contributed by atoms with Crippen molar-refractivity contribution in [3.05, 3.63) is 46.0 Å². The topological polar surface area (TPSA) is 3.24 Å².